The number of nitrogens with two attached hydrogens (primary N) is 1. The highest BCUT2D eigenvalue weighted by Crippen LogP contribution is 2.12. The van der Waals surface area contributed by atoms with Gasteiger partial charge in [0, 0.05) is 11.3 Å². The minimum atomic E-state index is -1.03. The molecule has 0 aliphatic rings. The minimum Gasteiger partial charge on any atom is -0.453 e. The Balaban J connectivity index is 2.23. The van der Waals surface area contributed by atoms with E-state index in [0.717, 1.165) is 6.42 Å². The number of imide groups is 1. The van der Waals surface area contributed by atoms with Gasteiger partial charge in [-0.05, 0) is 31.2 Å². The van der Waals surface area contributed by atoms with Crippen LogP contribution in [0.3, 0.4) is 0 Å². The van der Waals surface area contributed by atoms with Crippen LogP contribution in [0, 0.1) is 0 Å². The monoisotopic (exact) mass is 284 g/mol. The van der Waals surface area contributed by atoms with Crippen molar-refractivity contribution in [1.29, 1.82) is 0 Å². The molecule has 3 N–H and O–H groups in total. The van der Waals surface area contributed by atoms with Gasteiger partial charge >= 0.3 is 12.0 Å². The van der Waals surface area contributed by atoms with E-state index in [0.29, 0.717) is 6.42 Å². The van der Waals surface area contributed by atoms with Crippen LogP contribution in [-0.2, 0) is 20.7 Å². The van der Waals surface area contributed by atoms with Crippen LogP contribution in [0.25, 0.3) is 0 Å². The van der Waals surface area contributed by atoms with Crippen molar-refractivity contribution in [2.45, 2.75) is 32.3 Å². The van der Waals surface area contributed by atoms with E-state index in [1.807, 2.05) is 22.8 Å². The van der Waals surface area contributed by atoms with E-state index in [4.69, 9.17) is 10.5 Å². The lowest BCUT2D eigenvalue weighted by Gasteiger charge is -2.11. The second-order valence-corrected chi connectivity index (χ2v) is 4.95. The van der Waals surface area contributed by atoms with Gasteiger partial charge in [-0.15, -0.1) is 11.3 Å². The Labute approximate surface area is 114 Å². The molecule has 1 aromatic heterocycles. The highest BCUT2D eigenvalue weighted by atomic mass is 32.1. The van der Waals surface area contributed by atoms with Crippen molar-refractivity contribution in [3.05, 3.63) is 22.4 Å². The van der Waals surface area contributed by atoms with Crippen molar-refractivity contribution in [1.82, 2.24) is 5.32 Å². The molecule has 1 heterocycles. The fourth-order valence-electron chi connectivity index (χ4n) is 1.39. The summed E-state index contributed by atoms with van der Waals surface area (Å²) in [6.45, 7) is 1.38. The predicted molar refractivity (Wildman–Crippen MR) is 70.5 cm³/mol. The highest BCUT2D eigenvalue weighted by Gasteiger charge is 2.18. The SMILES string of the molecule is C[C@@H](OC(=O)CCCc1cccs1)C(=O)NC(N)=O. The third-order valence-electron chi connectivity index (χ3n) is 2.31. The third-order valence-corrected chi connectivity index (χ3v) is 3.24. The zero-order valence-electron chi connectivity index (χ0n) is 10.5. The van der Waals surface area contributed by atoms with E-state index in [2.05, 4.69) is 0 Å². The first-order valence-electron chi connectivity index (χ1n) is 5.81. The molecule has 0 aromatic carbocycles. The maximum Gasteiger partial charge on any atom is 0.318 e. The summed E-state index contributed by atoms with van der Waals surface area (Å²) in [7, 11) is 0. The Kier molecular flexibility index (Phi) is 6.01. The first kappa shape index (κ1) is 15.2. The van der Waals surface area contributed by atoms with E-state index in [1.54, 1.807) is 11.3 Å². The molecule has 0 saturated heterocycles. The summed E-state index contributed by atoms with van der Waals surface area (Å²) < 4.78 is 4.88. The summed E-state index contributed by atoms with van der Waals surface area (Å²) >= 11 is 1.63. The molecular weight excluding hydrogens is 268 g/mol. The largest absolute Gasteiger partial charge is 0.453 e. The van der Waals surface area contributed by atoms with Gasteiger partial charge in [-0.1, -0.05) is 6.07 Å². The number of rotatable bonds is 6. The van der Waals surface area contributed by atoms with Gasteiger partial charge < -0.3 is 10.5 Å². The number of thiophene rings is 1. The maximum absolute atomic E-state index is 11.5. The number of aryl methyl sites for hydroxylation is 1. The quantitative estimate of drug-likeness (QED) is 0.767. The molecule has 0 aliphatic carbocycles. The first-order chi connectivity index (χ1) is 8.99. The van der Waals surface area contributed by atoms with E-state index >= 15 is 0 Å². The summed E-state index contributed by atoms with van der Waals surface area (Å²) in [5.74, 6) is -1.19. The second kappa shape index (κ2) is 7.52. The van der Waals surface area contributed by atoms with Crippen LogP contribution >= 0.6 is 11.3 Å². The lowest BCUT2D eigenvalue weighted by Crippen LogP contribution is -2.42. The van der Waals surface area contributed by atoms with E-state index < -0.39 is 24.0 Å². The topological polar surface area (TPSA) is 98.5 Å². The van der Waals surface area contributed by atoms with Crippen molar-refractivity contribution in [2.75, 3.05) is 0 Å². The number of carbonyl (C=O) groups excluding carboxylic acids is 3. The Bertz CT molecular complexity index is 445. The third kappa shape index (κ3) is 6.01. The molecule has 0 fully saturated rings. The molecule has 0 saturated carbocycles. The van der Waals surface area contributed by atoms with Gasteiger partial charge in [-0.2, -0.15) is 0 Å². The summed E-state index contributed by atoms with van der Waals surface area (Å²) in [6, 6.07) is 2.98. The lowest BCUT2D eigenvalue weighted by molar-refractivity contribution is -0.154. The number of amides is 3. The molecule has 0 bridgehead atoms. The van der Waals surface area contributed by atoms with Crippen LogP contribution in [0.2, 0.25) is 0 Å². The number of carbonyl (C=O) groups is 3. The van der Waals surface area contributed by atoms with E-state index in [-0.39, 0.29) is 6.42 Å². The fraction of sp³-hybridized carbons (Fsp3) is 0.417. The van der Waals surface area contributed by atoms with Gasteiger partial charge in [0.2, 0.25) is 0 Å². The molecule has 19 heavy (non-hydrogen) atoms. The maximum atomic E-state index is 11.5. The van der Waals surface area contributed by atoms with Crippen LogP contribution < -0.4 is 11.1 Å². The summed E-state index contributed by atoms with van der Waals surface area (Å²) in [5, 5.41) is 3.83. The van der Waals surface area contributed by atoms with Crippen LogP contribution in [0.15, 0.2) is 17.5 Å². The van der Waals surface area contributed by atoms with Crippen molar-refractivity contribution in [3.63, 3.8) is 0 Å². The second-order valence-electron chi connectivity index (χ2n) is 3.92. The molecule has 0 unspecified atom stereocenters. The Morgan fingerprint density at radius 2 is 2.21 bits per heavy atom. The van der Waals surface area contributed by atoms with Gasteiger partial charge in [0.25, 0.3) is 5.91 Å². The number of primary amides is 1. The zero-order valence-corrected chi connectivity index (χ0v) is 11.4. The van der Waals surface area contributed by atoms with Crippen LogP contribution in [0.5, 0.6) is 0 Å². The Morgan fingerprint density at radius 3 is 2.79 bits per heavy atom. The molecule has 1 rings (SSSR count). The molecule has 104 valence electrons. The van der Waals surface area contributed by atoms with Gasteiger partial charge in [-0.3, -0.25) is 14.9 Å². The standard InChI is InChI=1S/C12H16N2O4S/c1-8(11(16)14-12(13)17)18-10(15)6-2-4-9-5-3-7-19-9/h3,5,7-8H,2,4,6H2,1H3,(H3,13,14,16,17)/t8-/m1/s1. The summed E-state index contributed by atoms with van der Waals surface area (Å²) in [4.78, 5) is 34.4. The van der Waals surface area contributed by atoms with Gasteiger partial charge in [0.1, 0.15) is 0 Å². The Hall–Kier alpha value is -1.89. The molecular formula is C12H16N2O4S. The number of hydrogen-bond donors (Lipinski definition) is 2. The molecule has 0 aliphatic heterocycles. The molecule has 0 spiro atoms. The molecule has 0 radical (unpaired) electrons. The predicted octanol–water partition coefficient (Wildman–Crippen LogP) is 1.20. The zero-order chi connectivity index (χ0) is 14.3. The molecule has 1 atom stereocenters. The van der Waals surface area contributed by atoms with Crippen LogP contribution in [-0.4, -0.2) is 24.0 Å². The lowest BCUT2D eigenvalue weighted by atomic mass is 10.2. The normalized spacial score (nSPS) is 11.6. The molecule has 7 heteroatoms. The van der Waals surface area contributed by atoms with Crippen molar-refractivity contribution in [3.8, 4) is 0 Å². The number of esters is 1. The molecule has 6 nitrogen and oxygen atoms in total. The van der Waals surface area contributed by atoms with E-state index in [1.165, 1.54) is 11.8 Å². The van der Waals surface area contributed by atoms with Crippen molar-refractivity contribution in [2.24, 2.45) is 5.73 Å². The summed E-state index contributed by atoms with van der Waals surface area (Å²) in [6.07, 6.45) is 0.659. The summed E-state index contributed by atoms with van der Waals surface area (Å²) in [5.41, 5.74) is 4.79. The highest BCUT2D eigenvalue weighted by molar-refractivity contribution is 7.09. The van der Waals surface area contributed by atoms with Gasteiger partial charge in [-0.25, -0.2) is 4.79 Å². The van der Waals surface area contributed by atoms with Crippen LogP contribution in [0.1, 0.15) is 24.6 Å². The molecule has 1 aromatic rings. The smallest absolute Gasteiger partial charge is 0.318 e. The average Bonchev–Trinajstić information content (AvgIpc) is 2.81. The van der Waals surface area contributed by atoms with Crippen molar-refractivity contribution >= 4 is 29.2 Å². The Morgan fingerprint density at radius 1 is 1.47 bits per heavy atom. The first-order valence-corrected chi connectivity index (χ1v) is 6.69. The van der Waals surface area contributed by atoms with Gasteiger partial charge in [0.15, 0.2) is 6.10 Å². The number of urea groups is 1. The van der Waals surface area contributed by atoms with Gasteiger partial charge in [0.05, 0.1) is 0 Å². The minimum absolute atomic E-state index is 0.228. The number of hydrogen-bond acceptors (Lipinski definition) is 5. The number of ether oxygens (including phenoxy) is 1. The van der Waals surface area contributed by atoms with Crippen LogP contribution in [0.4, 0.5) is 4.79 Å². The fourth-order valence-corrected chi connectivity index (χ4v) is 2.15. The molecule has 3 amide bonds. The number of nitrogens with one attached hydrogen (secondary N) is 1. The average molecular weight is 284 g/mol. The van der Waals surface area contributed by atoms with E-state index in [9.17, 15) is 14.4 Å². The van der Waals surface area contributed by atoms with Crippen molar-refractivity contribution < 1.29 is 19.1 Å².